The summed E-state index contributed by atoms with van der Waals surface area (Å²) in [4.78, 5) is 15.8. The second-order valence-corrected chi connectivity index (χ2v) is 12.0. The van der Waals surface area contributed by atoms with Crippen molar-refractivity contribution >= 4 is 45.3 Å². The smallest absolute Gasteiger partial charge is 0.434 e. The van der Waals surface area contributed by atoms with Gasteiger partial charge in [0, 0.05) is 53.2 Å². The van der Waals surface area contributed by atoms with Crippen LogP contribution in [0.25, 0.3) is 32.9 Å². The number of alkyl halides is 2. The second-order valence-electron chi connectivity index (χ2n) is 11.6. The van der Waals surface area contributed by atoms with Gasteiger partial charge in [0.05, 0.1) is 24.7 Å². The van der Waals surface area contributed by atoms with E-state index in [0.29, 0.717) is 46.7 Å². The minimum Gasteiger partial charge on any atom is -0.443 e. The topological polar surface area (TPSA) is 66.2 Å². The highest BCUT2D eigenvalue weighted by atomic mass is 35.5. The maximum atomic E-state index is 16.5. The van der Waals surface area contributed by atoms with Gasteiger partial charge < -0.3 is 10.1 Å². The van der Waals surface area contributed by atoms with Gasteiger partial charge in [-0.25, -0.2) is 17.7 Å². The highest BCUT2D eigenvalue weighted by Gasteiger charge is 2.49. The van der Waals surface area contributed by atoms with Crippen LogP contribution in [0.3, 0.4) is 0 Å². The van der Waals surface area contributed by atoms with Crippen LogP contribution in [-0.4, -0.2) is 88.4 Å². The Hall–Kier alpha value is -3.34. The summed E-state index contributed by atoms with van der Waals surface area (Å²) in [7, 11) is 1.74. The van der Waals surface area contributed by atoms with E-state index in [2.05, 4.69) is 25.2 Å². The monoisotopic (exact) mass is 595 g/mol. The van der Waals surface area contributed by atoms with Gasteiger partial charge in [0.25, 0.3) is 0 Å². The number of hydrogen-bond donors (Lipinski definition) is 1. The molecule has 0 bridgehead atoms. The van der Waals surface area contributed by atoms with Gasteiger partial charge in [-0.1, -0.05) is 41.9 Å². The van der Waals surface area contributed by atoms with Crippen molar-refractivity contribution < 1.29 is 22.5 Å². The number of nitrogens with zero attached hydrogens (tertiary/aromatic N) is 5. The van der Waals surface area contributed by atoms with Crippen molar-refractivity contribution in [2.75, 3.05) is 39.8 Å². The predicted molar refractivity (Wildman–Crippen MR) is 157 cm³/mol. The molecular weight excluding hydrogens is 565 g/mol. The molecule has 218 valence electrons. The molecule has 3 aliphatic heterocycles. The molecule has 7 nitrogen and oxygen atoms in total. The third-order valence-electron chi connectivity index (χ3n) is 8.92. The van der Waals surface area contributed by atoms with E-state index in [1.807, 2.05) is 24.3 Å². The average Bonchev–Trinajstić information content (AvgIpc) is 3.65. The summed E-state index contributed by atoms with van der Waals surface area (Å²) in [5, 5.41) is 5.44. The Labute approximate surface area is 246 Å². The molecule has 0 radical (unpaired) electrons. The molecular formula is C31H31ClF3N6O+. The Morgan fingerprint density at radius 3 is 2.83 bits per heavy atom. The molecule has 0 aliphatic carbocycles. The van der Waals surface area contributed by atoms with E-state index < -0.39 is 23.7 Å². The number of aromatic nitrogens is 3. The SMILES string of the molecule is C/[N+](=C\C1CNC[C@H]1F)c1nc(OC[C@@]23CCCN2C[C@H](F)C3)nc2c(F)c(-c3cccc4cccc(Cl)c34)ncc12. The highest BCUT2D eigenvalue weighted by Crippen LogP contribution is 2.41. The van der Waals surface area contributed by atoms with Crippen LogP contribution in [0.5, 0.6) is 6.01 Å². The number of fused-ring (bicyclic) bond motifs is 3. The molecule has 1 N–H and O–H groups in total. The summed E-state index contributed by atoms with van der Waals surface area (Å²) in [5.41, 5.74) is 0.247. The largest absolute Gasteiger partial charge is 0.443 e. The molecule has 7 rings (SSSR count). The number of pyridine rings is 1. The zero-order valence-corrected chi connectivity index (χ0v) is 23.9. The summed E-state index contributed by atoms with van der Waals surface area (Å²) < 4.78 is 53.2. The molecule has 2 aromatic carbocycles. The first-order chi connectivity index (χ1) is 20.3. The third-order valence-corrected chi connectivity index (χ3v) is 9.23. The van der Waals surface area contributed by atoms with Crippen LogP contribution in [0, 0.1) is 11.7 Å². The van der Waals surface area contributed by atoms with Crippen molar-refractivity contribution in [1.82, 2.24) is 25.2 Å². The maximum Gasteiger partial charge on any atom is 0.434 e. The summed E-state index contributed by atoms with van der Waals surface area (Å²) in [6.07, 6.45) is 3.50. The van der Waals surface area contributed by atoms with Gasteiger partial charge in [-0.05, 0) is 30.8 Å². The fraction of sp³-hybridized carbons (Fsp3) is 0.419. The Bertz CT molecular complexity index is 1710. The number of halogens is 4. The van der Waals surface area contributed by atoms with Gasteiger partial charge in [0.15, 0.2) is 5.82 Å². The zero-order chi connectivity index (χ0) is 29.0. The van der Waals surface area contributed by atoms with E-state index in [4.69, 9.17) is 16.3 Å². The van der Waals surface area contributed by atoms with Gasteiger partial charge in [-0.3, -0.25) is 9.88 Å². The summed E-state index contributed by atoms with van der Waals surface area (Å²) in [5.74, 6) is -0.665. The van der Waals surface area contributed by atoms with Gasteiger partial charge in [-0.15, -0.1) is 0 Å². The molecule has 42 heavy (non-hydrogen) atoms. The van der Waals surface area contributed by atoms with Crippen LogP contribution in [0.2, 0.25) is 5.02 Å². The fourth-order valence-electron chi connectivity index (χ4n) is 6.85. The Morgan fingerprint density at radius 2 is 2.02 bits per heavy atom. The molecule has 1 unspecified atom stereocenters. The van der Waals surface area contributed by atoms with Gasteiger partial charge in [0.1, 0.15) is 35.5 Å². The predicted octanol–water partition coefficient (Wildman–Crippen LogP) is 5.49. The average molecular weight is 596 g/mol. The number of nitrogens with one attached hydrogen (secondary N) is 1. The minimum absolute atomic E-state index is 0.0189. The van der Waals surface area contributed by atoms with Crippen LogP contribution in [0.1, 0.15) is 19.3 Å². The van der Waals surface area contributed by atoms with E-state index in [-0.39, 0.29) is 36.3 Å². The molecule has 3 saturated heterocycles. The second kappa shape index (κ2) is 10.7. The Kier molecular flexibility index (Phi) is 7.03. The Morgan fingerprint density at radius 1 is 1.19 bits per heavy atom. The van der Waals surface area contributed by atoms with Crippen molar-refractivity contribution in [2.45, 2.75) is 37.1 Å². The van der Waals surface area contributed by atoms with Gasteiger partial charge in [0.2, 0.25) is 0 Å². The lowest BCUT2D eigenvalue weighted by molar-refractivity contribution is -0.405. The van der Waals surface area contributed by atoms with E-state index in [1.165, 1.54) is 6.20 Å². The Balaban J connectivity index is 1.35. The van der Waals surface area contributed by atoms with Crippen molar-refractivity contribution in [1.29, 1.82) is 0 Å². The van der Waals surface area contributed by atoms with Crippen molar-refractivity contribution in [3.05, 3.63) is 53.4 Å². The number of benzene rings is 2. The lowest BCUT2D eigenvalue weighted by atomic mass is 9.95. The molecule has 3 aliphatic rings. The first kappa shape index (κ1) is 27.5. The number of rotatable bonds is 6. The molecule has 0 amide bonds. The van der Waals surface area contributed by atoms with Crippen LogP contribution >= 0.6 is 11.6 Å². The van der Waals surface area contributed by atoms with Crippen molar-refractivity contribution in [3.63, 3.8) is 0 Å². The number of hydrogen-bond acceptors (Lipinski definition) is 6. The lowest BCUT2D eigenvalue weighted by Crippen LogP contribution is -2.43. The third kappa shape index (κ3) is 4.69. The number of ether oxygens (including phenoxy) is 1. The summed E-state index contributed by atoms with van der Waals surface area (Å²) in [6, 6.07) is 11.0. The zero-order valence-electron chi connectivity index (χ0n) is 23.2. The van der Waals surface area contributed by atoms with Gasteiger partial charge in [-0.2, -0.15) is 4.98 Å². The van der Waals surface area contributed by atoms with Crippen molar-refractivity contribution in [2.24, 2.45) is 5.92 Å². The van der Waals surface area contributed by atoms with Crippen LogP contribution in [0.15, 0.2) is 42.6 Å². The quantitative estimate of drug-likeness (QED) is 0.235. The van der Waals surface area contributed by atoms with Gasteiger partial charge >= 0.3 is 11.8 Å². The van der Waals surface area contributed by atoms with Crippen LogP contribution < -0.4 is 10.1 Å². The normalized spacial score (nSPS) is 26.4. The molecule has 0 saturated carbocycles. The minimum atomic E-state index is -1.04. The fourth-order valence-corrected chi connectivity index (χ4v) is 7.14. The molecule has 5 heterocycles. The lowest BCUT2D eigenvalue weighted by Gasteiger charge is -2.30. The van der Waals surface area contributed by atoms with Crippen molar-refractivity contribution in [3.8, 4) is 17.3 Å². The summed E-state index contributed by atoms with van der Waals surface area (Å²) >= 11 is 6.55. The van der Waals surface area contributed by atoms with E-state index >= 15 is 4.39 Å². The molecule has 4 aromatic rings. The van der Waals surface area contributed by atoms with E-state index in [9.17, 15) is 8.78 Å². The molecule has 0 spiro atoms. The standard InChI is InChI=1S/C31H31ClF3N6O/c1-40(15-19-12-36-14-24(19)34)29-22-13-37-27(21-7-2-5-18-6-3-8-23(32)25(18)21)26(35)28(22)38-30(39-29)42-17-31-9-4-10-41(31)16-20(33)11-31/h2-3,5-8,13,15,19-20,24,36H,4,9-12,14,16-17H2,1H3/q+1/b40-15+/t19?,20-,24-,31+/m1/s1. The van der Waals surface area contributed by atoms with E-state index in [1.54, 1.807) is 30.0 Å². The molecule has 11 heteroatoms. The molecule has 4 atom stereocenters. The summed E-state index contributed by atoms with van der Waals surface area (Å²) in [6.45, 7) is 2.17. The highest BCUT2D eigenvalue weighted by molar-refractivity contribution is 6.36. The maximum absolute atomic E-state index is 16.5. The van der Waals surface area contributed by atoms with E-state index in [0.717, 1.165) is 24.8 Å². The first-order valence-electron chi connectivity index (χ1n) is 14.3. The molecule has 2 aromatic heterocycles. The first-order valence-corrected chi connectivity index (χ1v) is 14.7. The van der Waals surface area contributed by atoms with Crippen LogP contribution in [-0.2, 0) is 0 Å². The van der Waals surface area contributed by atoms with Crippen LogP contribution in [0.4, 0.5) is 19.0 Å². The molecule has 3 fully saturated rings.